The number of aryl methyl sites for hydroxylation is 1. The van der Waals surface area contributed by atoms with Crippen LogP contribution in [0.4, 0.5) is 5.69 Å². The number of rotatable bonds is 3. The zero-order valence-electron chi connectivity index (χ0n) is 12.1. The van der Waals surface area contributed by atoms with Crippen LogP contribution in [0.25, 0.3) is 11.1 Å². The van der Waals surface area contributed by atoms with E-state index in [1.54, 1.807) is 0 Å². The van der Waals surface area contributed by atoms with Crippen molar-refractivity contribution in [1.29, 1.82) is 0 Å². The van der Waals surface area contributed by atoms with Gasteiger partial charge in [0.25, 0.3) is 0 Å². The summed E-state index contributed by atoms with van der Waals surface area (Å²) in [5.74, 6) is 0. The average Bonchev–Trinajstić information content (AvgIpc) is 2.48. The van der Waals surface area contributed by atoms with Gasteiger partial charge in [-0.15, -0.1) is 0 Å². The van der Waals surface area contributed by atoms with E-state index in [4.69, 9.17) is 5.73 Å². The minimum Gasteiger partial charge on any atom is -0.374 e. The first-order valence-corrected chi connectivity index (χ1v) is 7.41. The molecule has 2 heteroatoms. The second-order valence-electron chi connectivity index (χ2n) is 5.61. The number of nitrogens with two attached hydrogens (primary N) is 1. The van der Waals surface area contributed by atoms with Crippen LogP contribution in [-0.2, 0) is 12.8 Å². The molecular weight excluding hydrogens is 244 g/mol. The predicted octanol–water partition coefficient (Wildman–Crippen LogP) is 3.24. The van der Waals surface area contributed by atoms with Gasteiger partial charge in [-0.1, -0.05) is 30.3 Å². The number of hydrogen-bond donors (Lipinski definition) is 1. The molecule has 0 amide bonds. The molecule has 0 atom stereocenters. The maximum atomic E-state index is 5.65. The molecule has 1 aliphatic heterocycles. The molecule has 0 fully saturated rings. The summed E-state index contributed by atoms with van der Waals surface area (Å²) in [6.07, 6.45) is 3.39. The van der Waals surface area contributed by atoms with Gasteiger partial charge in [0.2, 0.25) is 0 Å². The first-order chi connectivity index (χ1) is 9.78. The van der Waals surface area contributed by atoms with Crippen molar-refractivity contribution in [1.82, 2.24) is 0 Å². The minimum atomic E-state index is 0.707. The van der Waals surface area contributed by atoms with Crippen LogP contribution >= 0.6 is 0 Å². The zero-order chi connectivity index (χ0) is 13.9. The normalized spacial score (nSPS) is 14.2. The highest BCUT2D eigenvalue weighted by atomic mass is 15.1. The molecule has 20 heavy (non-hydrogen) atoms. The third-order valence-corrected chi connectivity index (χ3v) is 4.12. The second-order valence-corrected chi connectivity index (χ2v) is 5.61. The third kappa shape index (κ3) is 2.56. The number of anilines is 1. The number of fused-ring (bicyclic) bond motifs is 1. The summed E-state index contributed by atoms with van der Waals surface area (Å²) in [4.78, 5) is 2.35. The lowest BCUT2D eigenvalue weighted by Gasteiger charge is -2.27. The topological polar surface area (TPSA) is 29.3 Å². The molecule has 0 saturated heterocycles. The molecule has 2 nitrogen and oxygen atoms in total. The van der Waals surface area contributed by atoms with Crippen LogP contribution in [-0.4, -0.2) is 20.1 Å². The Hall–Kier alpha value is -1.80. The van der Waals surface area contributed by atoms with Gasteiger partial charge in [0, 0.05) is 19.3 Å². The lowest BCUT2D eigenvalue weighted by Crippen LogP contribution is -2.24. The van der Waals surface area contributed by atoms with E-state index in [0.29, 0.717) is 6.54 Å². The van der Waals surface area contributed by atoms with Gasteiger partial charge in [0.15, 0.2) is 0 Å². The second kappa shape index (κ2) is 5.68. The summed E-state index contributed by atoms with van der Waals surface area (Å²) in [5, 5.41) is 0. The van der Waals surface area contributed by atoms with E-state index in [0.717, 1.165) is 6.42 Å². The van der Waals surface area contributed by atoms with Gasteiger partial charge < -0.3 is 10.6 Å². The number of hydrogen-bond acceptors (Lipinski definition) is 2. The van der Waals surface area contributed by atoms with Crippen molar-refractivity contribution in [3.8, 4) is 11.1 Å². The van der Waals surface area contributed by atoms with Gasteiger partial charge in [0.1, 0.15) is 0 Å². The van der Waals surface area contributed by atoms with E-state index in [2.05, 4.69) is 54.4 Å². The monoisotopic (exact) mass is 266 g/mol. The maximum absolute atomic E-state index is 5.65. The van der Waals surface area contributed by atoms with Gasteiger partial charge in [-0.3, -0.25) is 0 Å². The third-order valence-electron chi connectivity index (χ3n) is 4.12. The molecule has 2 aromatic carbocycles. The van der Waals surface area contributed by atoms with Gasteiger partial charge >= 0.3 is 0 Å². The summed E-state index contributed by atoms with van der Waals surface area (Å²) >= 11 is 0. The van der Waals surface area contributed by atoms with Gasteiger partial charge in [-0.2, -0.15) is 0 Å². The van der Waals surface area contributed by atoms with Crippen LogP contribution in [0.3, 0.4) is 0 Å². The van der Waals surface area contributed by atoms with Crippen molar-refractivity contribution in [2.24, 2.45) is 5.73 Å². The highest BCUT2D eigenvalue weighted by molar-refractivity contribution is 5.70. The highest BCUT2D eigenvalue weighted by Gasteiger charge is 2.14. The van der Waals surface area contributed by atoms with Crippen LogP contribution in [0.1, 0.15) is 17.5 Å². The predicted molar refractivity (Wildman–Crippen MR) is 86.2 cm³/mol. The summed E-state index contributed by atoms with van der Waals surface area (Å²) < 4.78 is 0. The Kier molecular flexibility index (Phi) is 3.75. The SMILES string of the molecule is CN1CCCc2cc(-c3cccc(CCN)c3)ccc21. The summed E-state index contributed by atoms with van der Waals surface area (Å²) in [6, 6.07) is 15.6. The fourth-order valence-corrected chi connectivity index (χ4v) is 3.04. The molecule has 1 aliphatic rings. The molecule has 3 rings (SSSR count). The standard InChI is InChI=1S/C18H22N2/c1-20-11-3-6-17-13-16(7-8-18(17)20)15-5-2-4-14(12-15)9-10-19/h2,4-5,7-8,12-13H,3,6,9-11,19H2,1H3. The van der Waals surface area contributed by atoms with E-state index < -0.39 is 0 Å². The largest absolute Gasteiger partial charge is 0.374 e. The quantitative estimate of drug-likeness (QED) is 0.924. The lowest BCUT2D eigenvalue weighted by molar-refractivity contribution is 0.745. The van der Waals surface area contributed by atoms with Crippen molar-refractivity contribution in [3.63, 3.8) is 0 Å². The first-order valence-electron chi connectivity index (χ1n) is 7.41. The van der Waals surface area contributed by atoms with E-state index in [1.165, 1.54) is 47.3 Å². The van der Waals surface area contributed by atoms with Crippen molar-refractivity contribution >= 4 is 5.69 Å². The van der Waals surface area contributed by atoms with E-state index in [-0.39, 0.29) is 0 Å². The fraction of sp³-hybridized carbons (Fsp3) is 0.333. The zero-order valence-corrected chi connectivity index (χ0v) is 12.1. The van der Waals surface area contributed by atoms with E-state index in [9.17, 15) is 0 Å². The molecule has 0 unspecified atom stereocenters. The van der Waals surface area contributed by atoms with Crippen molar-refractivity contribution < 1.29 is 0 Å². The Bertz CT molecular complexity index is 604. The summed E-state index contributed by atoms with van der Waals surface area (Å²) in [5.41, 5.74) is 12.4. The van der Waals surface area contributed by atoms with E-state index in [1.807, 2.05) is 0 Å². The molecule has 0 aliphatic carbocycles. The number of nitrogens with zero attached hydrogens (tertiary/aromatic N) is 1. The van der Waals surface area contributed by atoms with Gasteiger partial charge in [-0.25, -0.2) is 0 Å². The first kappa shape index (κ1) is 13.2. The van der Waals surface area contributed by atoms with Crippen LogP contribution in [0.5, 0.6) is 0 Å². The Morgan fingerprint density at radius 3 is 2.80 bits per heavy atom. The average molecular weight is 266 g/mol. The Morgan fingerprint density at radius 2 is 1.95 bits per heavy atom. The minimum absolute atomic E-state index is 0.707. The van der Waals surface area contributed by atoms with Crippen LogP contribution in [0.15, 0.2) is 42.5 Å². The fourth-order valence-electron chi connectivity index (χ4n) is 3.04. The van der Waals surface area contributed by atoms with Gasteiger partial charge in [-0.05, 0) is 60.2 Å². The molecule has 0 saturated carbocycles. The van der Waals surface area contributed by atoms with Crippen molar-refractivity contribution in [2.45, 2.75) is 19.3 Å². The highest BCUT2D eigenvalue weighted by Crippen LogP contribution is 2.31. The lowest BCUT2D eigenvalue weighted by atomic mass is 9.95. The molecule has 2 aromatic rings. The van der Waals surface area contributed by atoms with Gasteiger partial charge in [0.05, 0.1) is 0 Å². The van der Waals surface area contributed by atoms with E-state index >= 15 is 0 Å². The smallest absolute Gasteiger partial charge is 0.0396 e. The maximum Gasteiger partial charge on any atom is 0.0396 e. The summed E-state index contributed by atoms with van der Waals surface area (Å²) in [6.45, 7) is 1.87. The molecule has 0 spiro atoms. The molecule has 0 radical (unpaired) electrons. The molecule has 2 N–H and O–H groups in total. The van der Waals surface area contributed by atoms with Crippen molar-refractivity contribution in [3.05, 3.63) is 53.6 Å². The Balaban J connectivity index is 1.96. The van der Waals surface area contributed by atoms with Crippen LogP contribution in [0, 0.1) is 0 Å². The van der Waals surface area contributed by atoms with Crippen LogP contribution in [0.2, 0.25) is 0 Å². The molecule has 1 heterocycles. The molecule has 0 bridgehead atoms. The van der Waals surface area contributed by atoms with Crippen LogP contribution < -0.4 is 10.6 Å². The Labute approximate surface area is 121 Å². The Morgan fingerprint density at radius 1 is 1.10 bits per heavy atom. The molecular formula is C18H22N2. The molecule has 104 valence electrons. The van der Waals surface area contributed by atoms with Crippen molar-refractivity contribution in [2.75, 3.05) is 25.0 Å². The molecule has 0 aromatic heterocycles. The summed E-state index contributed by atoms with van der Waals surface area (Å²) in [7, 11) is 2.18. The number of benzene rings is 2.